The summed E-state index contributed by atoms with van der Waals surface area (Å²) in [5.74, 6) is 0.304. The standard InChI is InChI=1S/C13H25N3O/c1-3-14-12-6-9-16(13(12)17)10-11(2)15-7-4-5-8-15/h11-12,14H,3-10H2,1-2H3. The van der Waals surface area contributed by atoms with Crippen molar-refractivity contribution in [3.8, 4) is 0 Å². The molecule has 4 heteroatoms. The van der Waals surface area contributed by atoms with Crippen LogP contribution < -0.4 is 5.32 Å². The maximum absolute atomic E-state index is 12.1. The molecular weight excluding hydrogens is 214 g/mol. The SMILES string of the molecule is CCNC1CCN(CC(C)N2CCCC2)C1=O. The predicted octanol–water partition coefficient (Wildman–Crippen LogP) is 0.681. The monoisotopic (exact) mass is 239 g/mol. The fourth-order valence-corrected chi connectivity index (χ4v) is 2.97. The lowest BCUT2D eigenvalue weighted by Gasteiger charge is -2.28. The second-order valence-electron chi connectivity index (χ2n) is 5.28. The Labute approximate surface area is 104 Å². The summed E-state index contributed by atoms with van der Waals surface area (Å²) in [6.07, 6.45) is 3.61. The van der Waals surface area contributed by atoms with Gasteiger partial charge in [-0.3, -0.25) is 9.69 Å². The Kier molecular flexibility index (Phi) is 4.40. The predicted molar refractivity (Wildman–Crippen MR) is 68.9 cm³/mol. The van der Waals surface area contributed by atoms with Crippen molar-refractivity contribution in [2.45, 2.75) is 45.2 Å². The minimum atomic E-state index is 0.0748. The van der Waals surface area contributed by atoms with Crippen LogP contribution in [0.4, 0.5) is 0 Å². The first-order valence-corrected chi connectivity index (χ1v) is 6.98. The van der Waals surface area contributed by atoms with Crippen LogP contribution >= 0.6 is 0 Å². The Morgan fingerprint density at radius 2 is 2.06 bits per heavy atom. The summed E-state index contributed by atoms with van der Waals surface area (Å²) >= 11 is 0. The van der Waals surface area contributed by atoms with Crippen LogP contribution in [0.5, 0.6) is 0 Å². The van der Waals surface area contributed by atoms with Crippen molar-refractivity contribution < 1.29 is 4.79 Å². The van der Waals surface area contributed by atoms with Gasteiger partial charge in [-0.25, -0.2) is 0 Å². The molecule has 2 atom stereocenters. The number of carbonyl (C=O) groups excluding carboxylic acids is 1. The van der Waals surface area contributed by atoms with Crippen LogP contribution in [0.25, 0.3) is 0 Å². The Morgan fingerprint density at radius 1 is 1.35 bits per heavy atom. The van der Waals surface area contributed by atoms with Gasteiger partial charge in [0.2, 0.25) is 5.91 Å². The number of hydrogen-bond acceptors (Lipinski definition) is 3. The van der Waals surface area contributed by atoms with Crippen molar-refractivity contribution in [3.63, 3.8) is 0 Å². The topological polar surface area (TPSA) is 35.6 Å². The van der Waals surface area contributed by atoms with Gasteiger partial charge >= 0.3 is 0 Å². The normalized spacial score (nSPS) is 28.0. The number of amides is 1. The van der Waals surface area contributed by atoms with Crippen molar-refractivity contribution >= 4 is 5.91 Å². The summed E-state index contributed by atoms with van der Waals surface area (Å²) < 4.78 is 0. The highest BCUT2D eigenvalue weighted by Gasteiger charge is 2.32. The van der Waals surface area contributed by atoms with E-state index < -0.39 is 0 Å². The van der Waals surface area contributed by atoms with Crippen LogP contribution in [0, 0.1) is 0 Å². The molecule has 17 heavy (non-hydrogen) atoms. The van der Waals surface area contributed by atoms with Crippen molar-refractivity contribution in [2.75, 3.05) is 32.7 Å². The van der Waals surface area contributed by atoms with E-state index in [1.807, 2.05) is 4.90 Å². The van der Waals surface area contributed by atoms with Gasteiger partial charge in [-0.15, -0.1) is 0 Å². The summed E-state index contributed by atoms with van der Waals surface area (Å²) in [6, 6.07) is 0.590. The molecular formula is C13H25N3O. The highest BCUT2D eigenvalue weighted by molar-refractivity contribution is 5.84. The zero-order valence-electron chi connectivity index (χ0n) is 11.1. The third-order valence-electron chi connectivity index (χ3n) is 4.00. The molecule has 2 heterocycles. The second kappa shape index (κ2) is 5.83. The van der Waals surface area contributed by atoms with Gasteiger partial charge in [-0.2, -0.15) is 0 Å². The van der Waals surface area contributed by atoms with Gasteiger partial charge in [0, 0.05) is 19.1 Å². The third kappa shape index (κ3) is 2.99. The number of nitrogens with one attached hydrogen (secondary N) is 1. The van der Waals surface area contributed by atoms with Crippen LogP contribution in [-0.2, 0) is 4.79 Å². The fourth-order valence-electron chi connectivity index (χ4n) is 2.97. The fraction of sp³-hybridized carbons (Fsp3) is 0.923. The van der Waals surface area contributed by atoms with E-state index in [0.717, 1.165) is 26.1 Å². The minimum Gasteiger partial charge on any atom is -0.340 e. The molecule has 0 aliphatic carbocycles. The molecule has 0 radical (unpaired) electrons. The summed E-state index contributed by atoms with van der Waals surface area (Å²) in [4.78, 5) is 16.6. The van der Waals surface area contributed by atoms with E-state index in [2.05, 4.69) is 24.1 Å². The van der Waals surface area contributed by atoms with Crippen molar-refractivity contribution in [2.24, 2.45) is 0 Å². The summed E-state index contributed by atoms with van der Waals surface area (Å²) in [7, 11) is 0. The molecule has 2 rings (SSSR count). The van der Waals surface area contributed by atoms with E-state index >= 15 is 0 Å². The van der Waals surface area contributed by atoms with Gasteiger partial charge in [0.25, 0.3) is 0 Å². The summed E-state index contributed by atoms with van der Waals surface area (Å²) in [5.41, 5.74) is 0. The molecule has 0 aromatic rings. The molecule has 2 unspecified atom stereocenters. The number of hydrogen-bond donors (Lipinski definition) is 1. The molecule has 0 aromatic heterocycles. The third-order valence-corrected chi connectivity index (χ3v) is 4.00. The molecule has 98 valence electrons. The highest BCUT2D eigenvalue weighted by atomic mass is 16.2. The van der Waals surface area contributed by atoms with E-state index in [0.29, 0.717) is 11.9 Å². The summed E-state index contributed by atoms with van der Waals surface area (Å²) in [6.45, 7) is 9.43. The minimum absolute atomic E-state index is 0.0748. The van der Waals surface area contributed by atoms with Gasteiger partial charge in [-0.1, -0.05) is 6.92 Å². The molecule has 1 amide bonds. The van der Waals surface area contributed by atoms with Gasteiger partial charge in [-0.05, 0) is 45.8 Å². The van der Waals surface area contributed by atoms with Gasteiger partial charge in [0.1, 0.15) is 0 Å². The molecule has 0 aromatic carbocycles. The maximum Gasteiger partial charge on any atom is 0.239 e. The van der Waals surface area contributed by atoms with E-state index in [4.69, 9.17) is 0 Å². The van der Waals surface area contributed by atoms with Crippen molar-refractivity contribution in [3.05, 3.63) is 0 Å². The lowest BCUT2D eigenvalue weighted by atomic mass is 10.2. The maximum atomic E-state index is 12.1. The van der Waals surface area contributed by atoms with Gasteiger partial charge in [0.15, 0.2) is 0 Å². The Hall–Kier alpha value is -0.610. The first-order valence-electron chi connectivity index (χ1n) is 6.98. The number of nitrogens with zero attached hydrogens (tertiary/aromatic N) is 2. The Bertz CT molecular complexity index is 263. The first kappa shape index (κ1) is 12.8. The van der Waals surface area contributed by atoms with Crippen molar-refractivity contribution in [1.82, 2.24) is 15.1 Å². The molecule has 2 aliphatic rings. The van der Waals surface area contributed by atoms with Gasteiger partial charge in [0.05, 0.1) is 6.04 Å². The van der Waals surface area contributed by atoms with Crippen LogP contribution in [0.2, 0.25) is 0 Å². The Balaban J connectivity index is 1.81. The van der Waals surface area contributed by atoms with Gasteiger partial charge < -0.3 is 10.2 Å². The molecule has 1 N–H and O–H groups in total. The number of likely N-dealkylation sites (tertiary alicyclic amines) is 2. The number of carbonyl (C=O) groups is 1. The lowest BCUT2D eigenvalue weighted by molar-refractivity contribution is -0.130. The molecule has 0 spiro atoms. The van der Waals surface area contributed by atoms with E-state index in [9.17, 15) is 4.79 Å². The average molecular weight is 239 g/mol. The molecule has 0 saturated carbocycles. The van der Waals surface area contributed by atoms with E-state index in [-0.39, 0.29) is 6.04 Å². The molecule has 0 bridgehead atoms. The van der Waals surface area contributed by atoms with Crippen LogP contribution in [0.3, 0.4) is 0 Å². The van der Waals surface area contributed by atoms with Crippen LogP contribution in [-0.4, -0.2) is 60.5 Å². The molecule has 2 fully saturated rings. The number of likely N-dealkylation sites (N-methyl/N-ethyl adjacent to an activating group) is 1. The smallest absolute Gasteiger partial charge is 0.239 e. The van der Waals surface area contributed by atoms with Crippen molar-refractivity contribution in [1.29, 1.82) is 0 Å². The van der Waals surface area contributed by atoms with E-state index in [1.54, 1.807) is 0 Å². The second-order valence-corrected chi connectivity index (χ2v) is 5.28. The molecule has 2 aliphatic heterocycles. The quantitative estimate of drug-likeness (QED) is 0.766. The zero-order valence-corrected chi connectivity index (χ0v) is 11.1. The lowest BCUT2D eigenvalue weighted by Crippen LogP contribution is -2.44. The first-order chi connectivity index (χ1) is 8.22. The van der Waals surface area contributed by atoms with Crippen LogP contribution in [0.1, 0.15) is 33.1 Å². The van der Waals surface area contributed by atoms with E-state index in [1.165, 1.54) is 25.9 Å². The molecule has 4 nitrogen and oxygen atoms in total. The molecule has 2 saturated heterocycles. The Morgan fingerprint density at radius 3 is 2.71 bits per heavy atom. The zero-order chi connectivity index (χ0) is 12.3. The largest absolute Gasteiger partial charge is 0.340 e. The van der Waals surface area contributed by atoms with Crippen LogP contribution in [0.15, 0.2) is 0 Å². The highest BCUT2D eigenvalue weighted by Crippen LogP contribution is 2.16. The average Bonchev–Trinajstić information content (AvgIpc) is 2.94. The summed E-state index contributed by atoms with van der Waals surface area (Å²) in [5, 5.41) is 3.26. The number of rotatable bonds is 5.